The molecule has 0 spiro atoms. The third kappa shape index (κ3) is 2.42. The van der Waals surface area contributed by atoms with Crippen LogP contribution in [-0.4, -0.2) is 40.1 Å². The van der Waals surface area contributed by atoms with Gasteiger partial charge in [0.15, 0.2) is 15.7 Å². The molecule has 9 heteroatoms. The predicted molar refractivity (Wildman–Crippen MR) is 77.7 cm³/mol. The SMILES string of the molecule is Nc1cc(-c2nnnn2C2CCS(=O)(=O)C2)ccc1Br. The second-order valence-electron chi connectivity index (χ2n) is 4.74. The maximum atomic E-state index is 11.6. The fourth-order valence-corrected chi connectivity index (χ4v) is 4.22. The Hall–Kier alpha value is -1.48. The van der Waals surface area contributed by atoms with Crippen molar-refractivity contribution in [2.75, 3.05) is 17.2 Å². The van der Waals surface area contributed by atoms with Crippen LogP contribution in [0, 0.1) is 0 Å². The molecule has 0 aliphatic carbocycles. The average Bonchev–Trinajstić information content (AvgIpc) is 2.98. The normalized spacial score (nSPS) is 21.1. The first-order valence-electron chi connectivity index (χ1n) is 6.00. The van der Waals surface area contributed by atoms with Gasteiger partial charge in [-0.1, -0.05) is 0 Å². The summed E-state index contributed by atoms with van der Waals surface area (Å²) in [7, 11) is -2.98. The molecule has 1 saturated heterocycles. The van der Waals surface area contributed by atoms with Crippen molar-refractivity contribution in [2.24, 2.45) is 0 Å². The van der Waals surface area contributed by atoms with E-state index in [4.69, 9.17) is 5.73 Å². The number of hydrogen-bond acceptors (Lipinski definition) is 6. The molecule has 0 radical (unpaired) electrons. The first kappa shape index (κ1) is 13.5. The minimum atomic E-state index is -2.98. The minimum absolute atomic E-state index is 0.0804. The number of nitrogens with zero attached hydrogens (tertiary/aromatic N) is 4. The van der Waals surface area contributed by atoms with Crippen LogP contribution in [0.4, 0.5) is 5.69 Å². The molecule has 1 aromatic heterocycles. The Morgan fingerprint density at radius 3 is 2.85 bits per heavy atom. The number of tetrazole rings is 1. The van der Waals surface area contributed by atoms with Crippen LogP contribution in [0.1, 0.15) is 12.5 Å². The first-order chi connectivity index (χ1) is 9.46. The number of anilines is 1. The number of nitrogen functional groups attached to an aromatic ring is 1. The maximum absolute atomic E-state index is 11.6. The first-order valence-corrected chi connectivity index (χ1v) is 8.61. The summed E-state index contributed by atoms with van der Waals surface area (Å²) >= 11 is 3.33. The van der Waals surface area contributed by atoms with E-state index in [9.17, 15) is 8.42 Å². The summed E-state index contributed by atoms with van der Waals surface area (Å²) < 4.78 is 25.5. The number of sulfone groups is 1. The van der Waals surface area contributed by atoms with Gasteiger partial charge in [-0.25, -0.2) is 13.1 Å². The molecule has 3 rings (SSSR count). The van der Waals surface area contributed by atoms with Crippen LogP contribution in [0.5, 0.6) is 0 Å². The van der Waals surface area contributed by atoms with Gasteiger partial charge in [0.05, 0.1) is 17.5 Å². The van der Waals surface area contributed by atoms with Gasteiger partial charge < -0.3 is 5.73 Å². The van der Waals surface area contributed by atoms with E-state index in [-0.39, 0.29) is 17.5 Å². The number of benzene rings is 1. The Morgan fingerprint density at radius 2 is 2.20 bits per heavy atom. The van der Waals surface area contributed by atoms with Gasteiger partial charge >= 0.3 is 0 Å². The number of rotatable bonds is 2. The number of hydrogen-bond donors (Lipinski definition) is 1. The number of aromatic nitrogens is 4. The Kier molecular flexibility index (Phi) is 3.25. The van der Waals surface area contributed by atoms with Gasteiger partial charge in [-0.3, -0.25) is 0 Å². The van der Waals surface area contributed by atoms with Gasteiger partial charge in [-0.05, 0) is 51.0 Å². The summed E-state index contributed by atoms with van der Waals surface area (Å²) in [5.74, 6) is 0.794. The van der Waals surface area contributed by atoms with E-state index in [1.165, 1.54) is 0 Å². The Bertz CT molecular complexity index is 758. The van der Waals surface area contributed by atoms with Gasteiger partial charge in [0.25, 0.3) is 0 Å². The molecule has 20 heavy (non-hydrogen) atoms. The summed E-state index contributed by atoms with van der Waals surface area (Å²) in [6.07, 6.45) is 0.534. The van der Waals surface area contributed by atoms with Gasteiger partial charge in [0.1, 0.15) is 0 Å². The highest BCUT2D eigenvalue weighted by Gasteiger charge is 2.31. The van der Waals surface area contributed by atoms with Crippen molar-refractivity contribution in [3.8, 4) is 11.4 Å². The zero-order valence-electron chi connectivity index (χ0n) is 10.4. The van der Waals surface area contributed by atoms with Gasteiger partial charge in [-0.15, -0.1) is 5.10 Å². The largest absolute Gasteiger partial charge is 0.398 e. The van der Waals surface area contributed by atoms with Crippen molar-refractivity contribution < 1.29 is 8.42 Å². The van der Waals surface area contributed by atoms with Crippen LogP contribution >= 0.6 is 15.9 Å². The van der Waals surface area contributed by atoms with E-state index in [1.54, 1.807) is 10.7 Å². The van der Waals surface area contributed by atoms with Gasteiger partial charge in [0.2, 0.25) is 0 Å². The molecule has 7 nitrogen and oxygen atoms in total. The van der Waals surface area contributed by atoms with Crippen molar-refractivity contribution in [1.82, 2.24) is 20.2 Å². The van der Waals surface area contributed by atoms with Crippen molar-refractivity contribution in [3.05, 3.63) is 22.7 Å². The molecule has 1 unspecified atom stereocenters. The molecular weight excluding hydrogens is 346 g/mol. The molecule has 2 N–H and O–H groups in total. The van der Waals surface area contributed by atoms with E-state index in [2.05, 4.69) is 31.5 Å². The Morgan fingerprint density at radius 1 is 1.40 bits per heavy atom. The summed E-state index contributed by atoms with van der Waals surface area (Å²) in [6, 6.07) is 5.20. The van der Waals surface area contributed by atoms with Crippen LogP contribution in [0.3, 0.4) is 0 Å². The number of nitrogens with two attached hydrogens (primary N) is 1. The molecule has 1 aromatic carbocycles. The van der Waals surface area contributed by atoms with Crippen LogP contribution < -0.4 is 5.73 Å². The smallest absolute Gasteiger partial charge is 0.182 e. The van der Waals surface area contributed by atoms with E-state index in [0.717, 1.165) is 10.0 Å². The van der Waals surface area contributed by atoms with E-state index in [0.29, 0.717) is 17.9 Å². The Balaban J connectivity index is 2.00. The third-order valence-corrected chi connectivity index (χ3v) is 5.77. The second kappa shape index (κ2) is 4.81. The van der Waals surface area contributed by atoms with Crippen molar-refractivity contribution in [3.63, 3.8) is 0 Å². The lowest BCUT2D eigenvalue weighted by Gasteiger charge is -2.10. The highest BCUT2D eigenvalue weighted by molar-refractivity contribution is 9.10. The molecule has 1 aliphatic rings. The molecule has 2 aromatic rings. The monoisotopic (exact) mass is 357 g/mol. The van der Waals surface area contributed by atoms with E-state index >= 15 is 0 Å². The van der Waals surface area contributed by atoms with Gasteiger partial charge in [-0.2, -0.15) is 0 Å². The molecular formula is C11H12BrN5O2S. The highest BCUT2D eigenvalue weighted by atomic mass is 79.9. The average molecular weight is 358 g/mol. The van der Waals surface area contributed by atoms with Crippen LogP contribution in [0.2, 0.25) is 0 Å². The lowest BCUT2D eigenvalue weighted by atomic mass is 10.2. The molecule has 1 atom stereocenters. The lowest BCUT2D eigenvalue weighted by molar-refractivity contribution is 0.489. The molecule has 2 heterocycles. The molecule has 0 bridgehead atoms. The van der Waals surface area contributed by atoms with Gasteiger partial charge in [0, 0.05) is 15.7 Å². The summed E-state index contributed by atoms with van der Waals surface area (Å²) in [6.45, 7) is 0. The zero-order valence-corrected chi connectivity index (χ0v) is 12.8. The molecule has 0 amide bonds. The molecule has 1 aliphatic heterocycles. The molecule has 106 valence electrons. The van der Waals surface area contributed by atoms with Crippen LogP contribution in [0.15, 0.2) is 22.7 Å². The predicted octanol–water partition coefficient (Wildman–Crippen LogP) is 1.04. The van der Waals surface area contributed by atoms with E-state index in [1.807, 2.05) is 12.1 Å². The fourth-order valence-electron chi connectivity index (χ4n) is 2.28. The quantitative estimate of drug-likeness (QED) is 0.805. The van der Waals surface area contributed by atoms with Crippen LogP contribution in [0.25, 0.3) is 11.4 Å². The summed E-state index contributed by atoms with van der Waals surface area (Å²) in [4.78, 5) is 0. The third-order valence-electron chi connectivity index (χ3n) is 3.30. The summed E-state index contributed by atoms with van der Waals surface area (Å²) in [5.41, 5.74) is 7.20. The lowest BCUT2D eigenvalue weighted by Crippen LogP contribution is -2.14. The van der Waals surface area contributed by atoms with Crippen molar-refractivity contribution in [1.29, 1.82) is 0 Å². The van der Waals surface area contributed by atoms with Crippen LogP contribution in [-0.2, 0) is 9.84 Å². The maximum Gasteiger partial charge on any atom is 0.182 e. The number of halogens is 1. The highest BCUT2D eigenvalue weighted by Crippen LogP contribution is 2.29. The fraction of sp³-hybridized carbons (Fsp3) is 0.364. The molecule has 1 fully saturated rings. The zero-order chi connectivity index (χ0) is 14.3. The topological polar surface area (TPSA) is 104 Å². The van der Waals surface area contributed by atoms with E-state index < -0.39 is 9.84 Å². The molecule has 0 saturated carbocycles. The van der Waals surface area contributed by atoms with Crippen molar-refractivity contribution >= 4 is 31.5 Å². The minimum Gasteiger partial charge on any atom is -0.398 e. The standard InChI is InChI=1S/C11H12BrN5O2S/c12-9-2-1-7(5-10(9)13)11-14-15-16-17(11)8-3-4-20(18,19)6-8/h1-2,5,8H,3-4,6,13H2. The van der Waals surface area contributed by atoms with Crippen molar-refractivity contribution in [2.45, 2.75) is 12.5 Å². The Labute approximate surface area is 124 Å². The summed E-state index contributed by atoms with van der Waals surface area (Å²) in [5, 5.41) is 11.6. The second-order valence-corrected chi connectivity index (χ2v) is 7.82.